The minimum atomic E-state index is -0.238. The number of halogens is 1. The molecule has 0 radical (unpaired) electrons. The summed E-state index contributed by atoms with van der Waals surface area (Å²) in [5.41, 5.74) is 1.22. The quantitative estimate of drug-likeness (QED) is 0.783. The van der Waals surface area contributed by atoms with E-state index in [2.05, 4.69) is 0 Å². The summed E-state index contributed by atoms with van der Waals surface area (Å²) in [5.74, 6) is 0.554. The molecule has 0 unspecified atom stereocenters. The fourth-order valence-electron chi connectivity index (χ4n) is 1.71. The van der Waals surface area contributed by atoms with Crippen LogP contribution in [-0.4, -0.2) is 12.9 Å². The van der Waals surface area contributed by atoms with E-state index < -0.39 is 0 Å². The van der Waals surface area contributed by atoms with Gasteiger partial charge in [-0.1, -0.05) is 11.6 Å². The maximum absolute atomic E-state index is 12.2. The van der Waals surface area contributed by atoms with Crippen molar-refractivity contribution in [1.82, 2.24) is 0 Å². The van der Waals surface area contributed by atoms with E-state index in [9.17, 15) is 4.79 Å². The molecule has 0 amide bonds. The Hall–Kier alpha value is -1.74. The van der Waals surface area contributed by atoms with E-state index in [1.165, 1.54) is 13.4 Å². The molecule has 0 bridgehead atoms. The average molecular weight is 251 g/mol. The smallest absolute Gasteiger partial charge is 0.231 e. The van der Waals surface area contributed by atoms with Crippen molar-refractivity contribution < 1.29 is 13.9 Å². The van der Waals surface area contributed by atoms with Crippen LogP contribution in [0.1, 0.15) is 21.7 Å². The molecule has 0 saturated heterocycles. The number of ether oxygens (including phenoxy) is 1. The minimum absolute atomic E-state index is 0.238. The number of carbonyl (C=O) groups is 1. The number of benzene rings is 1. The summed E-state index contributed by atoms with van der Waals surface area (Å²) in [4.78, 5) is 12.2. The van der Waals surface area contributed by atoms with Gasteiger partial charge in [-0.25, -0.2) is 0 Å². The van der Waals surface area contributed by atoms with Crippen molar-refractivity contribution in [2.45, 2.75) is 6.92 Å². The third kappa shape index (κ3) is 2.19. The number of rotatable bonds is 3. The van der Waals surface area contributed by atoms with E-state index in [-0.39, 0.29) is 11.5 Å². The van der Waals surface area contributed by atoms with Crippen molar-refractivity contribution in [3.8, 4) is 5.75 Å². The summed E-state index contributed by atoms with van der Waals surface area (Å²) in [6, 6.07) is 6.60. The number of furan rings is 1. The molecule has 0 spiro atoms. The largest absolute Gasteiger partial charge is 0.496 e. The van der Waals surface area contributed by atoms with Crippen molar-refractivity contribution in [1.29, 1.82) is 0 Å². The molecular weight excluding hydrogens is 240 g/mol. The molecule has 0 fully saturated rings. The number of methoxy groups -OCH3 is 1. The van der Waals surface area contributed by atoms with Crippen molar-refractivity contribution in [3.63, 3.8) is 0 Å². The molecule has 1 aromatic carbocycles. The fourth-order valence-corrected chi connectivity index (χ4v) is 1.98. The molecule has 0 aliphatic carbocycles. The van der Waals surface area contributed by atoms with Gasteiger partial charge < -0.3 is 9.15 Å². The van der Waals surface area contributed by atoms with Gasteiger partial charge in [-0.2, -0.15) is 0 Å². The molecule has 0 aliphatic rings. The van der Waals surface area contributed by atoms with Gasteiger partial charge in [-0.05, 0) is 36.8 Å². The number of ketones is 1. The van der Waals surface area contributed by atoms with E-state index in [0.717, 1.165) is 5.56 Å². The third-order valence-corrected chi connectivity index (χ3v) is 2.65. The van der Waals surface area contributed by atoms with Gasteiger partial charge in [0.2, 0.25) is 5.78 Å². The Kier molecular flexibility index (Phi) is 3.20. The lowest BCUT2D eigenvalue weighted by molar-refractivity contribution is 0.101. The van der Waals surface area contributed by atoms with Crippen molar-refractivity contribution in [2.24, 2.45) is 0 Å². The van der Waals surface area contributed by atoms with Gasteiger partial charge in [0.1, 0.15) is 5.75 Å². The summed E-state index contributed by atoms with van der Waals surface area (Å²) in [5, 5.41) is 0.498. The van der Waals surface area contributed by atoms with Crippen molar-refractivity contribution in [2.75, 3.05) is 7.11 Å². The topological polar surface area (TPSA) is 39.4 Å². The van der Waals surface area contributed by atoms with E-state index in [1.807, 2.05) is 6.92 Å². The van der Waals surface area contributed by atoms with Crippen LogP contribution in [0.2, 0.25) is 5.02 Å². The molecule has 1 heterocycles. The molecule has 0 saturated carbocycles. The van der Waals surface area contributed by atoms with Crippen LogP contribution in [0.15, 0.2) is 34.9 Å². The zero-order chi connectivity index (χ0) is 12.4. The first kappa shape index (κ1) is 11.7. The summed E-state index contributed by atoms with van der Waals surface area (Å²) in [6.07, 6.45) is 1.46. The van der Waals surface area contributed by atoms with E-state index in [1.54, 1.807) is 24.3 Å². The van der Waals surface area contributed by atoms with Crippen LogP contribution in [0.3, 0.4) is 0 Å². The van der Waals surface area contributed by atoms with Gasteiger partial charge >= 0.3 is 0 Å². The van der Waals surface area contributed by atoms with Crippen molar-refractivity contribution in [3.05, 3.63) is 52.4 Å². The van der Waals surface area contributed by atoms with Crippen LogP contribution in [0.5, 0.6) is 5.75 Å². The van der Waals surface area contributed by atoms with Crippen LogP contribution < -0.4 is 4.74 Å². The SMILES string of the molecule is COc1c(C)cc(Cl)cc1C(=O)c1ccco1. The molecule has 3 nitrogen and oxygen atoms in total. The Morgan fingerprint density at radius 2 is 2.18 bits per heavy atom. The lowest BCUT2D eigenvalue weighted by Crippen LogP contribution is -2.04. The van der Waals surface area contributed by atoms with Gasteiger partial charge in [0.05, 0.1) is 18.9 Å². The molecule has 0 atom stereocenters. The van der Waals surface area contributed by atoms with Gasteiger partial charge in [0.25, 0.3) is 0 Å². The molecule has 4 heteroatoms. The predicted octanol–water partition coefficient (Wildman–Crippen LogP) is 3.48. The molecule has 88 valence electrons. The summed E-state index contributed by atoms with van der Waals surface area (Å²) >= 11 is 5.95. The van der Waals surface area contributed by atoms with Gasteiger partial charge in [0.15, 0.2) is 5.76 Å². The average Bonchev–Trinajstić information content (AvgIpc) is 2.80. The number of aryl methyl sites for hydroxylation is 1. The standard InChI is InChI=1S/C13H11ClO3/c1-8-6-9(14)7-10(13(8)16-2)12(15)11-4-3-5-17-11/h3-7H,1-2H3. The highest BCUT2D eigenvalue weighted by atomic mass is 35.5. The number of carbonyl (C=O) groups excluding carboxylic acids is 1. The van der Waals surface area contributed by atoms with Crippen molar-refractivity contribution >= 4 is 17.4 Å². The molecule has 0 N–H and O–H groups in total. The second-order valence-electron chi connectivity index (χ2n) is 3.61. The number of hydrogen-bond donors (Lipinski definition) is 0. The highest BCUT2D eigenvalue weighted by molar-refractivity contribution is 6.31. The summed E-state index contributed by atoms with van der Waals surface area (Å²) < 4.78 is 10.3. The highest BCUT2D eigenvalue weighted by Gasteiger charge is 2.19. The first-order valence-electron chi connectivity index (χ1n) is 5.06. The van der Waals surface area contributed by atoms with E-state index in [0.29, 0.717) is 16.3 Å². The monoisotopic (exact) mass is 250 g/mol. The van der Waals surface area contributed by atoms with Crippen LogP contribution in [-0.2, 0) is 0 Å². The number of hydrogen-bond acceptors (Lipinski definition) is 3. The normalized spacial score (nSPS) is 10.3. The Labute approximate surface area is 104 Å². The minimum Gasteiger partial charge on any atom is -0.496 e. The maximum atomic E-state index is 12.2. The molecule has 0 aliphatic heterocycles. The maximum Gasteiger partial charge on any atom is 0.231 e. The van der Waals surface area contributed by atoms with E-state index >= 15 is 0 Å². The Bertz CT molecular complexity index is 544. The second kappa shape index (κ2) is 4.63. The van der Waals surface area contributed by atoms with Gasteiger partial charge in [0, 0.05) is 5.02 Å². The molecular formula is C13H11ClO3. The van der Waals surface area contributed by atoms with Crippen LogP contribution in [0.4, 0.5) is 0 Å². The summed E-state index contributed by atoms with van der Waals surface area (Å²) in [7, 11) is 1.52. The zero-order valence-corrected chi connectivity index (χ0v) is 10.2. The van der Waals surface area contributed by atoms with Crippen LogP contribution >= 0.6 is 11.6 Å². The van der Waals surface area contributed by atoms with E-state index in [4.69, 9.17) is 20.8 Å². The second-order valence-corrected chi connectivity index (χ2v) is 4.05. The van der Waals surface area contributed by atoms with Crippen LogP contribution in [0.25, 0.3) is 0 Å². The molecule has 1 aromatic heterocycles. The summed E-state index contributed by atoms with van der Waals surface area (Å²) in [6.45, 7) is 1.84. The van der Waals surface area contributed by atoms with Crippen LogP contribution in [0, 0.1) is 6.92 Å². The van der Waals surface area contributed by atoms with Gasteiger partial charge in [-0.15, -0.1) is 0 Å². The zero-order valence-electron chi connectivity index (χ0n) is 9.49. The molecule has 2 rings (SSSR count). The van der Waals surface area contributed by atoms with Gasteiger partial charge in [-0.3, -0.25) is 4.79 Å². The Morgan fingerprint density at radius 1 is 1.41 bits per heavy atom. The first-order chi connectivity index (χ1) is 8.13. The predicted molar refractivity (Wildman–Crippen MR) is 64.9 cm³/mol. The molecule has 17 heavy (non-hydrogen) atoms. The molecule has 2 aromatic rings. The lowest BCUT2D eigenvalue weighted by atomic mass is 10.0. The highest BCUT2D eigenvalue weighted by Crippen LogP contribution is 2.29. The lowest BCUT2D eigenvalue weighted by Gasteiger charge is -2.10. The Morgan fingerprint density at radius 3 is 2.76 bits per heavy atom. The first-order valence-corrected chi connectivity index (χ1v) is 5.43. The third-order valence-electron chi connectivity index (χ3n) is 2.43. The Balaban J connectivity index is 2.55. The fraction of sp³-hybridized carbons (Fsp3) is 0.154.